The number of allylic oxidation sites excluding steroid dienone is 9. The van der Waals surface area contributed by atoms with E-state index in [9.17, 15) is 4.79 Å². The van der Waals surface area contributed by atoms with Crippen molar-refractivity contribution in [2.75, 3.05) is 26.2 Å². The summed E-state index contributed by atoms with van der Waals surface area (Å²) >= 11 is 0. The third-order valence-corrected chi connectivity index (χ3v) is 5.67. The summed E-state index contributed by atoms with van der Waals surface area (Å²) in [6.07, 6.45) is 15.8. The van der Waals surface area contributed by atoms with E-state index in [0.717, 1.165) is 25.2 Å². The summed E-state index contributed by atoms with van der Waals surface area (Å²) in [5, 5.41) is 0. The zero-order chi connectivity index (χ0) is 21.9. The molecule has 3 heteroatoms. The summed E-state index contributed by atoms with van der Waals surface area (Å²) in [5.41, 5.74) is 5.33. The molecule has 0 radical (unpaired) electrons. The lowest BCUT2D eigenvalue weighted by molar-refractivity contribution is -0.138. The molecule has 0 aromatic carbocycles. The predicted octanol–water partition coefficient (Wildman–Crippen LogP) is 6.40. The minimum absolute atomic E-state index is 0.264. The Morgan fingerprint density at radius 3 is 2.45 bits per heavy atom. The molecule has 0 saturated carbocycles. The minimum atomic E-state index is -0.276. The second-order valence-electron chi connectivity index (χ2n) is 8.62. The molecule has 29 heavy (non-hydrogen) atoms. The van der Waals surface area contributed by atoms with E-state index in [4.69, 9.17) is 4.74 Å². The van der Waals surface area contributed by atoms with Gasteiger partial charge in [-0.15, -0.1) is 0 Å². The van der Waals surface area contributed by atoms with Gasteiger partial charge in [-0.25, -0.2) is 4.79 Å². The average molecular weight is 400 g/mol. The number of esters is 1. The topological polar surface area (TPSA) is 29.5 Å². The maximum Gasteiger partial charge on any atom is 0.331 e. The van der Waals surface area contributed by atoms with Crippen molar-refractivity contribution >= 4 is 5.97 Å². The molecule has 0 spiro atoms. The molecule has 162 valence electrons. The molecule has 0 unspecified atom stereocenters. The van der Waals surface area contributed by atoms with Crippen molar-refractivity contribution in [2.45, 2.75) is 67.7 Å². The van der Waals surface area contributed by atoms with Gasteiger partial charge in [0.25, 0.3) is 0 Å². The van der Waals surface area contributed by atoms with E-state index >= 15 is 0 Å². The van der Waals surface area contributed by atoms with Gasteiger partial charge >= 0.3 is 5.97 Å². The third kappa shape index (κ3) is 9.45. The van der Waals surface area contributed by atoms with Gasteiger partial charge in [-0.05, 0) is 69.7 Å². The van der Waals surface area contributed by atoms with Gasteiger partial charge in [-0.1, -0.05) is 69.2 Å². The number of carbonyl (C=O) groups is 1. The quantitative estimate of drug-likeness (QED) is 0.242. The highest BCUT2D eigenvalue weighted by Crippen LogP contribution is 2.40. The molecule has 0 amide bonds. The number of nitrogens with zero attached hydrogens (tertiary/aromatic N) is 1. The highest BCUT2D eigenvalue weighted by molar-refractivity contribution is 5.83. The van der Waals surface area contributed by atoms with Crippen LogP contribution in [-0.2, 0) is 9.53 Å². The van der Waals surface area contributed by atoms with E-state index in [1.54, 1.807) is 6.08 Å². The summed E-state index contributed by atoms with van der Waals surface area (Å²) in [6.45, 7) is 18.3. The highest BCUT2D eigenvalue weighted by atomic mass is 16.5. The highest BCUT2D eigenvalue weighted by Gasteiger charge is 2.26. The van der Waals surface area contributed by atoms with Gasteiger partial charge in [-0.3, -0.25) is 0 Å². The van der Waals surface area contributed by atoms with Crippen LogP contribution in [-0.4, -0.2) is 37.1 Å². The van der Waals surface area contributed by atoms with Gasteiger partial charge in [0.2, 0.25) is 0 Å². The molecule has 0 aromatic rings. The van der Waals surface area contributed by atoms with E-state index in [0.29, 0.717) is 6.61 Å². The van der Waals surface area contributed by atoms with Gasteiger partial charge in [0.1, 0.15) is 6.61 Å². The van der Waals surface area contributed by atoms with Crippen LogP contribution in [0.4, 0.5) is 0 Å². The van der Waals surface area contributed by atoms with Crippen molar-refractivity contribution in [1.82, 2.24) is 4.90 Å². The van der Waals surface area contributed by atoms with E-state index in [1.165, 1.54) is 36.0 Å². The normalized spacial score (nSPS) is 18.3. The van der Waals surface area contributed by atoms with Crippen molar-refractivity contribution in [3.63, 3.8) is 0 Å². The molecule has 0 aliphatic heterocycles. The number of likely N-dealkylation sites (N-methyl/N-ethyl adjacent to an activating group) is 1. The SMILES string of the molecule is CCN(CC)CCOC(=O)/C=C(C)/C=C/C=C(C)/C=C/C1=C(C)CCCC1(C)C. The summed E-state index contributed by atoms with van der Waals surface area (Å²) < 4.78 is 5.29. The molecule has 3 nitrogen and oxygen atoms in total. The zero-order valence-corrected chi connectivity index (χ0v) is 19.7. The van der Waals surface area contributed by atoms with Crippen LogP contribution in [0.1, 0.15) is 67.7 Å². The van der Waals surface area contributed by atoms with Crippen LogP contribution < -0.4 is 0 Å². The Bertz CT molecular complexity index is 685. The first-order valence-electron chi connectivity index (χ1n) is 11.0. The van der Waals surface area contributed by atoms with E-state index in [2.05, 4.69) is 64.7 Å². The molecule has 0 saturated heterocycles. The van der Waals surface area contributed by atoms with E-state index < -0.39 is 0 Å². The largest absolute Gasteiger partial charge is 0.461 e. The molecule has 0 bridgehead atoms. The standard InChI is InChI=1S/C26H41NO2/c1-8-27(9-2)18-19-29-25(28)20-22(4)13-10-12-21(3)15-16-24-23(5)14-11-17-26(24,6)7/h10,12-13,15-16,20H,8-9,11,14,17-19H2,1-7H3/b13-10+,16-15+,21-12+,22-20+. The van der Waals surface area contributed by atoms with Gasteiger partial charge < -0.3 is 9.64 Å². The molecule has 0 aromatic heterocycles. The van der Waals surface area contributed by atoms with Crippen LogP contribution >= 0.6 is 0 Å². The van der Waals surface area contributed by atoms with Crippen molar-refractivity contribution in [3.05, 3.63) is 58.7 Å². The number of rotatable bonds is 10. The van der Waals surface area contributed by atoms with Crippen LogP contribution in [0.15, 0.2) is 58.7 Å². The maximum atomic E-state index is 11.9. The Labute approximate surface area is 178 Å². The predicted molar refractivity (Wildman–Crippen MR) is 125 cm³/mol. The van der Waals surface area contributed by atoms with Crippen LogP contribution in [0, 0.1) is 5.41 Å². The van der Waals surface area contributed by atoms with Gasteiger partial charge in [0.05, 0.1) is 0 Å². The van der Waals surface area contributed by atoms with Crippen LogP contribution in [0.3, 0.4) is 0 Å². The van der Waals surface area contributed by atoms with Crippen LogP contribution in [0.2, 0.25) is 0 Å². The van der Waals surface area contributed by atoms with Crippen molar-refractivity contribution in [1.29, 1.82) is 0 Å². The average Bonchev–Trinajstić information content (AvgIpc) is 2.64. The smallest absolute Gasteiger partial charge is 0.331 e. The van der Waals surface area contributed by atoms with E-state index in [-0.39, 0.29) is 11.4 Å². The third-order valence-electron chi connectivity index (χ3n) is 5.67. The molecule has 1 rings (SSSR count). The second-order valence-corrected chi connectivity index (χ2v) is 8.62. The van der Waals surface area contributed by atoms with Crippen molar-refractivity contribution < 1.29 is 9.53 Å². The molecular weight excluding hydrogens is 358 g/mol. The first-order chi connectivity index (χ1) is 13.7. The molecule has 0 N–H and O–H groups in total. The Kier molecular flexibility index (Phi) is 11.0. The zero-order valence-electron chi connectivity index (χ0n) is 19.7. The van der Waals surface area contributed by atoms with E-state index in [1.807, 2.05) is 19.1 Å². The van der Waals surface area contributed by atoms with Gasteiger partial charge in [0, 0.05) is 12.6 Å². The summed E-state index contributed by atoms with van der Waals surface area (Å²) in [6, 6.07) is 0. The minimum Gasteiger partial charge on any atom is -0.461 e. The molecule has 1 aliphatic carbocycles. The van der Waals surface area contributed by atoms with Gasteiger partial charge in [0.15, 0.2) is 0 Å². The Balaban J connectivity index is 2.58. The number of hydrogen-bond acceptors (Lipinski definition) is 3. The number of ether oxygens (including phenoxy) is 1. The molecule has 1 aliphatic rings. The molecule has 0 atom stereocenters. The lowest BCUT2D eigenvalue weighted by atomic mass is 9.72. The Morgan fingerprint density at radius 2 is 1.83 bits per heavy atom. The first kappa shape index (κ1) is 25.2. The Hall–Kier alpha value is -1.87. The summed E-state index contributed by atoms with van der Waals surface area (Å²) in [7, 11) is 0. The monoisotopic (exact) mass is 399 g/mol. The molecule has 0 fully saturated rings. The fourth-order valence-corrected chi connectivity index (χ4v) is 3.72. The summed E-state index contributed by atoms with van der Waals surface area (Å²) in [5.74, 6) is -0.276. The second kappa shape index (κ2) is 12.6. The van der Waals surface area contributed by atoms with Gasteiger partial charge in [-0.2, -0.15) is 0 Å². The first-order valence-corrected chi connectivity index (χ1v) is 11.0. The lowest BCUT2D eigenvalue weighted by Gasteiger charge is -2.32. The summed E-state index contributed by atoms with van der Waals surface area (Å²) in [4.78, 5) is 14.1. The Morgan fingerprint density at radius 1 is 1.14 bits per heavy atom. The van der Waals surface area contributed by atoms with Crippen LogP contribution in [0.5, 0.6) is 0 Å². The fourth-order valence-electron chi connectivity index (χ4n) is 3.72. The molecular formula is C26H41NO2. The maximum absolute atomic E-state index is 11.9. The van der Waals surface area contributed by atoms with Crippen molar-refractivity contribution in [3.8, 4) is 0 Å². The number of hydrogen-bond donors (Lipinski definition) is 0. The lowest BCUT2D eigenvalue weighted by Crippen LogP contribution is -2.27. The fraction of sp³-hybridized carbons (Fsp3) is 0.577. The number of carbonyl (C=O) groups excluding carboxylic acids is 1. The van der Waals surface area contributed by atoms with Crippen LogP contribution in [0.25, 0.3) is 0 Å². The van der Waals surface area contributed by atoms with Crippen molar-refractivity contribution in [2.24, 2.45) is 5.41 Å². The molecule has 0 heterocycles.